The number of anilines is 3. The van der Waals surface area contributed by atoms with Crippen LogP contribution in [-0.4, -0.2) is 62.2 Å². The highest BCUT2D eigenvalue weighted by Gasteiger charge is 2.18. The van der Waals surface area contributed by atoms with E-state index in [4.69, 9.17) is 16.3 Å². The Labute approximate surface area is 227 Å². The number of phenolic OH excluding ortho intramolecular Hbond substituents is 1. The predicted molar refractivity (Wildman–Crippen MR) is 150 cm³/mol. The molecule has 8 nitrogen and oxygen atoms in total. The van der Waals surface area contributed by atoms with E-state index in [9.17, 15) is 14.7 Å². The van der Waals surface area contributed by atoms with Gasteiger partial charge in [0.1, 0.15) is 17.2 Å². The minimum atomic E-state index is -0.451. The van der Waals surface area contributed by atoms with Crippen LogP contribution in [0.4, 0.5) is 17.1 Å². The molecule has 2 amide bonds. The Morgan fingerprint density at radius 1 is 0.919 bits per heavy atom. The number of carbonyl (C=O) groups is 2. The molecular formula is C27H30Cl2N4O4. The number of aromatic hydroxyl groups is 1. The van der Waals surface area contributed by atoms with Gasteiger partial charge < -0.3 is 30.3 Å². The summed E-state index contributed by atoms with van der Waals surface area (Å²) in [5.41, 5.74) is 2.17. The number of likely N-dealkylation sites (N-methyl/N-ethyl adjacent to an activating group) is 1. The number of carbonyl (C=O) groups excluding carboxylic acids is 2. The molecule has 1 fully saturated rings. The van der Waals surface area contributed by atoms with Gasteiger partial charge in [0, 0.05) is 36.4 Å². The highest BCUT2D eigenvalue weighted by molar-refractivity contribution is 6.32. The van der Waals surface area contributed by atoms with E-state index in [1.807, 2.05) is 12.1 Å². The van der Waals surface area contributed by atoms with Crippen molar-refractivity contribution in [3.8, 4) is 11.5 Å². The summed E-state index contributed by atoms with van der Waals surface area (Å²) >= 11 is 6.14. The molecular weight excluding hydrogens is 515 g/mol. The summed E-state index contributed by atoms with van der Waals surface area (Å²) in [6.45, 7) is 3.97. The Kier molecular flexibility index (Phi) is 9.63. The number of para-hydroxylation sites is 1. The molecule has 3 aromatic carbocycles. The molecule has 1 saturated heterocycles. The number of rotatable bonds is 6. The van der Waals surface area contributed by atoms with Crippen LogP contribution >= 0.6 is 24.0 Å². The molecule has 0 radical (unpaired) electrons. The molecule has 1 aliphatic rings. The third-order valence-electron chi connectivity index (χ3n) is 6.16. The monoisotopic (exact) mass is 544 g/mol. The number of hydrogen-bond acceptors (Lipinski definition) is 6. The van der Waals surface area contributed by atoms with E-state index < -0.39 is 11.8 Å². The third-order valence-corrected chi connectivity index (χ3v) is 6.45. The molecule has 37 heavy (non-hydrogen) atoms. The van der Waals surface area contributed by atoms with Crippen LogP contribution < -0.4 is 20.3 Å². The van der Waals surface area contributed by atoms with E-state index in [1.54, 1.807) is 36.4 Å². The Morgan fingerprint density at radius 3 is 2.32 bits per heavy atom. The molecule has 0 spiro atoms. The van der Waals surface area contributed by atoms with Gasteiger partial charge in [-0.2, -0.15) is 0 Å². The van der Waals surface area contributed by atoms with Crippen LogP contribution in [0.25, 0.3) is 0 Å². The van der Waals surface area contributed by atoms with Gasteiger partial charge in [0.15, 0.2) is 0 Å². The molecule has 4 rings (SSSR count). The average Bonchev–Trinajstić information content (AvgIpc) is 3.10. The largest absolute Gasteiger partial charge is 0.506 e. The summed E-state index contributed by atoms with van der Waals surface area (Å²) in [4.78, 5) is 30.4. The number of ether oxygens (including phenoxy) is 1. The molecule has 3 aromatic rings. The predicted octanol–water partition coefficient (Wildman–Crippen LogP) is 5.12. The molecule has 0 bridgehead atoms. The van der Waals surface area contributed by atoms with Crippen LogP contribution in [0.2, 0.25) is 5.02 Å². The van der Waals surface area contributed by atoms with Crippen molar-refractivity contribution in [2.45, 2.75) is 6.42 Å². The number of amides is 2. The molecule has 1 aliphatic heterocycles. The number of phenols is 1. The Bertz CT molecular complexity index is 1250. The van der Waals surface area contributed by atoms with Crippen molar-refractivity contribution >= 4 is 52.9 Å². The smallest absolute Gasteiger partial charge is 0.255 e. The van der Waals surface area contributed by atoms with Gasteiger partial charge in [0.25, 0.3) is 11.8 Å². The van der Waals surface area contributed by atoms with Crippen LogP contribution in [0.1, 0.15) is 27.1 Å². The van der Waals surface area contributed by atoms with Crippen LogP contribution in [0, 0.1) is 0 Å². The Balaban J connectivity index is 0.00000380. The van der Waals surface area contributed by atoms with Crippen LogP contribution in [0.3, 0.4) is 0 Å². The lowest BCUT2D eigenvalue weighted by Crippen LogP contribution is -2.28. The van der Waals surface area contributed by atoms with Gasteiger partial charge in [-0.1, -0.05) is 17.7 Å². The first-order valence-electron chi connectivity index (χ1n) is 11.7. The van der Waals surface area contributed by atoms with Crippen LogP contribution in [-0.2, 0) is 0 Å². The second-order valence-electron chi connectivity index (χ2n) is 8.65. The second-order valence-corrected chi connectivity index (χ2v) is 9.06. The molecule has 0 aromatic heterocycles. The summed E-state index contributed by atoms with van der Waals surface area (Å²) in [7, 11) is 3.61. The average molecular weight is 545 g/mol. The second kappa shape index (κ2) is 12.7. The summed E-state index contributed by atoms with van der Waals surface area (Å²) in [5, 5.41) is 16.2. The molecule has 0 saturated carbocycles. The summed E-state index contributed by atoms with van der Waals surface area (Å²) in [6, 6.07) is 16.7. The lowest BCUT2D eigenvalue weighted by atomic mass is 10.1. The van der Waals surface area contributed by atoms with Crippen molar-refractivity contribution in [1.29, 1.82) is 0 Å². The minimum Gasteiger partial charge on any atom is -0.506 e. The van der Waals surface area contributed by atoms with Gasteiger partial charge in [-0.3, -0.25) is 9.59 Å². The van der Waals surface area contributed by atoms with E-state index in [-0.39, 0.29) is 29.5 Å². The van der Waals surface area contributed by atoms with Gasteiger partial charge in [-0.25, -0.2) is 0 Å². The first-order chi connectivity index (χ1) is 17.4. The first kappa shape index (κ1) is 28.1. The molecule has 0 unspecified atom stereocenters. The first-order valence-corrected chi connectivity index (χ1v) is 12.1. The summed E-state index contributed by atoms with van der Waals surface area (Å²) in [5.74, 6) is -0.568. The minimum absolute atomic E-state index is 0. The maximum absolute atomic E-state index is 13.0. The number of benzene rings is 3. The van der Waals surface area contributed by atoms with E-state index in [0.29, 0.717) is 21.9 Å². The standard InChI is InChI=1S/C27H29ClN4O4.ClH/c1-31-13-4-14-32(16-15-31)20-10-7-18(8-11-20)26(34)30-25-22(5-3-6-23(25)33)29-27(35)19-9-12-24(36-2)21(28)17-19;/h3,5-12,17,33H,4,13-16H2,1-2H3,(H,29,35)(H,30,34);1H. The van der Waals surface area contributed by atoms with Crippen molar-refractivity contribution in [2.75, 3.05) is 55.9 Å². The number of methoxy groups -OCH3 is 1. The summed E-state index contributed by atoms with van der Waals surface area (Å²) < 4.78 is 5.12. The maximum Gasteiger partial charge on any atom is 0.255 e. The highest BCUT2D eigenvalue weighted by atomic mass is 35.5. The fourth-order valence-corrected chi connectivity index (χ4v) is 4.35. The van der Waals surface area contributed by atoms with Gasteiger partial charge in [-0.05, 0) is 74.6 Å². The highest BCUT2D eigenvalue weighted by Crippen LogP contribution is 2.33. The zero-order chi connectivity index (χ0) is 25.7. The van der Waals surface area contributed by atoms with Crippen LogP contribution in [0.5, 0.6) is 11.5 Å². The van der Waals surface area contributed by atoms with E-state index in [2.05, 4.69) is 27.5 Å². The maximum atomic E-state index is 13.0. The van der Waals surface area contributed by atoms with E-state index in [1.165, 1.54) is 19.2 Å². The number of nitrogens with one attached hydrogen (secondary N) is 2. The van der Waals surface area contributed by atoms with E-state index >= 15 is 0 Å². The van der Waals surface area contributed by atoms with Crippen molar-refractivity contribution in [3.05, 3.63) is 76.8 Å². The molecule has 1 heterocycles. The zero-order valence-electron chi connectivity index (χ0n) is 20.7. The van der Waals surface area contributed by atoms with Crippen molar-refractivity contribution in [2.24, 2.45) is 0 Å². The molecule has 0 atom stereocenters. The molecule has 0 aliphatic carbocycles. The quantitative estimate of drug-likeness (QED) is 0.373. The number of hydrogen-bond donors (Lipinski definition) is 3. The lowest BCUT2D eigenvalue weighted by Gasteiger charge is -2.23. The van der Waals surface area contributed by atoms with E-state index in [0.717, 1.165) is 38.3 Å². The number of nitrogens with zero attached hydrogens (tertiary/aromatic N) is 2. The van der Waals surface area contributed by atoms with Gasteiger partial charge >= 0.3 is 0 Å². The topological polar surface area (TPSA) is 94.1 Å². The molecule has 196 valence electrons. The third kappa shape index (κ3) is 6.85. The number of halogens is 2. The van der Waals surface area contributed by atoms with Crippen molar-refractivity contribution in [3.63, 3.8) is 0 Å². The van der Waals surface area contributed by atoms with Crippen molar-refractivity contribution < 1.29 is 19.4 Å². The SMILES string of the molecule is COc1ccc(C(=O)Nc2cccc(O)c2NC(=O)c2ccc(N3CCCN(C)CC3)cc2)cc1Cl.Cl. The fraction of sp³-hybridized carbons (Fsp3) is 0.259. The fourth-order valence-electron chi connectivity index (χ4n) is 4.09. The molecule has 3 N–H and O–H groups in total. The summed E-state index contributed by atoms with van der Waals surface area (Å²) in [6.07, 6.45) is 1.09. The Morgan fingerprint density at radius 2 is 1.62 bits per heavy atom. The molecule has 10 heteroatoms. The lowest BCUT2D eigenvalue weighted by molar-refractivity contribution is 0.101. The normalized spacial score (nSPS) is 13.8. The van der Waals surface area contributed by atoms with Gasteiger partial charge in [0.2, 0.25) is 0 Å². The Hall–Kier alpha value is -3.46. The van der Waals surface area contributed by atoms with Crippen molar-refractivity contribution in [1.82, 2.24) is 4.90 Å². The van der Waals surface area contributed by atoms with Crippen LogP contribution in [0.15, 0.2) is 60.7 Å². The zero-order valence-corrected chi connectivity index (χ0v) is 22.2. The van der Waals surface area contributed by atoms with Gasteiger partial charge in [0.05, 0.1) is 17.8 Å². The van der Waals surface area contributed by atoms with Gasteiger partial charge in [-0.15, -0.1) is 12.4 Å².